The molecule has 8 rings (SSSR count). The van der Waals surface area contributed by atoms with Crippen molar-refractivity contribution in [3.63, 3.8) is 0 Å². The van der Waals surface area contributed by atoms with Crippen LogP contribution >= 0.6 is 11.6 Å². The van der Waals surface area contributed by atoms with Gasteiger partial charge in [0.1, 0.15) is 34.3 Å². The zero-order chi connectivity index (χ0) is 55.1. The molecule has 0 radical (unpaired) electrons. The number of hydrogen-bond donors (Lipinski definition) is 4. The molecule has 2 aromatic heterocycles. The topological polar surface area (TPSA) is 240 Å². The molecule has 0 saturated heterocycles. The third-order valence-corrected chi connectivity index (χ3v) is 10.5. The molecule has 0 aliphatic heterocycles. The number of nitrogens with two attached hydrogens (primary N) is 3. The van der Waals surface area contributed by atoms with Gasteiger partial charge in [0.2, 0.25) is 0 Å². The molecule has 4 aromatic carbocycles. The van der Waals surface area contributed by atoms with E-state index >= 15 is 4.39 Å². The van der Waals surface area contributed by atoms with E-state index in [0.717, 1.165) is 93.0 Å². The number of alkyl halides is 6. The highest BCUT2D eigenvalue weighted by Gasteiger charge is 2.36. The van der Waals surface area contributed by atoms with E-state index in [0.29, 0.717) is 18.5 Å². The number of hydrogen-bond acceptors (Lipinski definition) is 13. The Morgan fingerprint density at radius 2 is 1.01 bits per heavy atom. The fourth-order valence-electron chi connectivity index (χ4n) is 6.62. The molecule has 2 saturated carbocycles. The summed E-state index contributed by atoms with van der Waals surface area (Å²) < 4.78 is 160. The van der Waals surface area contributed by atoms with E-state index in [4.69, 9.17) is 47.7 Å². The monoisotopic (exact) mass is 1080 g/mol. The van der Waals surface area contributed by atoms with Crippen LogP contribution in [0.15, 0.2) is 85.2 Å². The fourth-order valence-corrected chi connectivity index (χ4v) is 6.79. The van der Waals surface area contributed by atoms with Gasteiger partial charge in [0.15, 0.2) is 46.1 Å². The molecule has 27 heteroatoms. The number of pyridine rings is 2. The van der Waals surface area contributed by atoms with Gasteiger partial charge in [-0.25, -0.2) is 17.6 Å². The van der Waals surface area contributed by atoms with E-state index in [1.165, 1.54) is 19.2 Å². The van der Waals surface area contributed by atoms with Crippen molar-refractivity contribution in [2.75, 3.05) is 25.3 Å². The van der Waals surface area contributed by atoms with E-state index in [-0.39, 0.29) is 69.0 Å². The number of halogens is 11. The lowest BCUT2D eigenvalue weighted by atomic mass is 10.1. The van der Waals surface area contributed by atoms with Crippen LogP contribution in [0.1, 0.15) is 90.3 Å². The summed E-state index contributed by atoms with van der Waals surface area (Å²) in [5.74, 6) is -8.91. The molecule has 0 spiro atoms. The Hall–Kier alpha value is -8.55. The average molecular weight is 1080 g/mol. The fraction of sp³-hybridized carbons (Fsp3) is 0.208. The second-order valence-corrected chi connectivity index (χ2v) is 16.1. The van der Waals surface area contributed by atoms with E-state index < -0.39 is 87.1 Å². The van der Waals surface area contributed by atoms with Gasteiger partial charge in [0.25, 0.3) is 23.0 Å². The summed E-state index contributed by atoms with van der Waals surface area (Å²) >= 11 is 5.49. The molecule has 2 heterocycles. The van der Waals surface area contributed by atoms with Gasteiger partial charge in [-0.3, -0.25) is 29.1 Å². The van der Waals surface area contributed by atoms with Gasteiger partial charge in [-0.1, -0.05) is 0 Å². The number of primary amides is 2. The number of benzene rings is 4. The zero-order valence-corrected chi connectivity index (χ0v) is 39.2. The molecule has 16 nitrogen and oxygen atoms in total. The first-order valence-corrected chi connectivity index (χ1v) is 21.7. The molecule has 2 fully saturated rings. The van der Waals surface area contributed by atoms with Crippen LogP contribution in [0, 0.1) is 23.3 Å². The first-order valence-electron chi connectivity index (χ1n) is 21.3. The van der Waals surface area contributed by atoms with Crippen molar-refractivity contribution in [1.29, 1.82) is 0 Å². The van der Waals surface area contributed by atoms with Crippen molar-refractivity contribution in [2.24, 2.45) is 11.5 Å². The molecule has 2 aliphatic rings. The van der Waals surface area contributed by atoms with Crippen molar-refractivity contribution in [3.8, 4) is 46.0 Å². The van der Waals surface area contributed by atoms with Gasteiger partial charge in [-0.05, 0) is 97.9 Å². The number of carbonyl (C=O) groups excluding carboxylic acids is 4. The molecular formula is C48H37ClF10N6O10. The molecular weight excluding hydrogens is 1050 g/mol. The smallest absolute Gasteiger partial charge is 0.493 e. The molecule has 2 aliphatic carbocycles. The lowest BCUT2D eigenvalue weighted by Gasteiger charge is -2.17. The number of amides is 3. The molecule has 0 unspecified atom stereocenters. The minimum atomic E-state index is -4.95. The highest BCUT2D eigenvalue weighted by Crippen LogP contribution is 2.45. The number of nitrogens with one attached hydrogen (secondary N) is 1. The Morgan fingerprint density at radius 1 is 0.587 bits per heavy atom. The predicted octanol–water partition coefficient (Wildman–Crippen LogP) is 11.0. The van der Waals surface area contributed by atoms with Crippen molar-refractivity contribution >= 4 is 45.9 Å². The molecule has 3 amide bonds. The normalized spacial score (nSPS) is 12.9. The number of carbonyl (C=O) groups is 4. The summed E-state index contributed by atoms with van der Waals surface area (Å²) in [6.07, 6.45) is -4.73. The molecule has 0 bridgehead atoms. The SMILES string of the molecule is COc1cc(OC(F)(F)F)ccc1Oc1cnc(C2CC2)c(F)c1C(=O)Cl.COc1cc(OC(F)(F)F)ccc1Oc1cnc(C2CC2)c(F)c1C(=O)Nc1ccc(F)c(C(N)=O)c1.NC(=O)c1cc(N)ccc1F. The third kappa shape index (κ3) is 14.8. The van der Waals surface area contributed by atoms with E-state index in [9.17, 15) is 58.7 Å². The van der Waals surface area contributed by atoms with Crippen molar-refractivity contribution in [3.05, 3.63) is 142 Å². The Bertz CT molecular complexity index is 3160. The number of anilines is 2. The molecule has 75 heavy (non-hydrogen) atoms. The van der Waals surface area contributed by atoms with E-state index in [2.05, 4.69) is 24.8 Å². The summed E-state index contributed by atoms with van der Waals surface area (Å²) in [5.41, 5.74) is 14.0. The maximum atomic E-state index is 15.5. The minimum Gasteiger partial charge on any atom is -0.493 e. The summed E-state index contributed by atoms with van der Waals surface area (Å²) in [7, 11) is 2.36. The van der Waals surface area contributed by atoms with Gasteiger partial charge in [-0.15, -0.1) is 26.3 Å². The zero-order valence-electron chi connectivity index (χ0n) is 38.4. The second-order valence-electron chi connectivity index (χ2n) is 15.8. The summed E-state index contributed by atoms with van der Waals surface area (Å²) in [6, 6.07) is 12.7. The molecule has 0 atom stereocenters. The van der Waals surface area contributed by atoms with Gasteiger partial charge < -0.3 is 50.9 Å². The quantitative estimate of drug-likeness (QED) is 0.0426. The first-order chi connectivity index (χ1) is 35.3. The summed E-state index contributed by atoms with van der Waals surface area (Å²) in [4.78, 5) is 54.8. The van der Waals surface area contributed by atoms with Crippen LogP contribution in [0.25, 0.3) is 0 Å². The Kier molecular flexibility index (Phi) is 17.2. The lowest BCUT2D eigenvalue weighted by Crippen LogP contribution is -2.18. The van der Waals surface area contributed by atoms with Crippen LogP contribution in [0.5, 0.6) is 46.0 Å². The highest BCUT2D eigenvalue weighted by molar-refractivity contribution is 6.68. The summed E-state index contributed by atoms with van der Waals surface area (Å²) in [5, 5.41) is 1.28. The molecule has 6 aromatic rings. The standard InChI is InChI=1S/C24H18F5N3O5.C17H12ClF4NO4.C7H7FN2O/c1-35-17-9-13(37-24(27,28)29)5-7-16(17)36-18-10-31-21(11-2-3-11)20(26)19(18)23(34)32-12-4-6-15(25)14(8-12)22(30)33;1-25-11-6-9(27-17(20,21)22)4-5-10(11)26-12-7-23-15(8-2-3-8)14(19)13(12)16(18)24;8-6-2-1-4(9)3-5(6)7(10)11/h4-11H,2-3H2,1H3,(H2,30,33)(H,32,34);4-8H,2-3H2,1H3;1-3H,9H2,(H2,10,11). The predicted molar refractivity (Wildman–Crippen MR) is 244 cm³/mol. The maximum absolute atomic E-state index is 15.5. The minimum absolute atomic E-state index is 0.0373. The maximum Gasteiger partial charge on any atom is 0.573 e. The Balaban J connectivity index is 0.000000209. The van der Waals surface area contributed by atoms with Crippen molar-refractivity contribution in [1.82, 2.24) is 9.97 Å². The first kappa shape index (κ1) is 55.8. The third-order valence-electron chi connectivity index (χ3n) is 10.3. The number of rotatable bonds is 15. The molecule has 7 N–H and O–H groups in total. The highest BCUT2D eigenvalue weighted by atomic mass is 35.5. The number of nitrogens with zero attached hydrogens (tertiary/aromatic N) is 2. The average Bonchev–Trinajstić information content (AvgIpc) is 4.27. The number of aromatic nitrogens is 2. The van der Waals surface area contributed by atoms with Gasteiger partial charge in [0.05, 0.1) is 49.1 Å². The number of methoxy groups -OCH3 is 2. The number of nitrogen functional groups attached to an aromatic ring is 1. The molecule has 396 valence electrons. The second kappa shape index (κ2) is 23.1. The van der Waals surface area contributed by atoms with Crippen molar-refractivity contribution < 1.29 is 91.5 Å². The lowest BCUT2D eigenvalue weighted by molar-refractivity contribution is -0.275. The van der Waals surface area contributed by atoms with Crippen LogP contribution in [-0.2, 0) is 0 Å². The van der Waals surface area contributed by atoms with Crippen LogP contribution in [-0.4, -0.2) is 59.9 Å². The van der Waals surface area contributed by atoms with Crippen LogP contribution < -0.4 is 50.9 Å². The van der Waals surface area contributed by atoms with Crippen LogP contribution in [0.3, 0.4) is 0 Å². The van der Waals surface area contributed by atoms with E-state index in [1.54, 1.807) is 0 Å². The van der Waals surface area contributed by atoms with Gasteiger partial charge in [-0.2, -0.15) is 0 Å². The van der Waals surface area contributed by atoms with Crippen molar-refractivity contribution in [2.45, 2.75) is 50.2 Å². The van der Waals surface area contributed by atoms with Gasteiger partial charge in [0, 0.05) is 35.3 Å². The summed E-state index contributed by atoms with van der Waals surface area (Å²) in [6.45, 7) is 0. The Labute approximate surface area is 421 Å². The van der Waals surface area contributed by atoms with E-state index in [1.807, 2.05) is 0 Å². The van der Waals surface area contributed by atoms with Gasteiger partial charge >= 0.3 is 12.7 Å². The number of ether oxygens (including phenoxy) is 6. The largest absolute Gasteiger partial charge is 0.573 e. The van der Waals surface area contributed by atoms with Crippen LogP contribution in [0.2, 0.25) is 0 Å². The van der Waals surface area contributed by atoms with Crippen LogP contribution in [0.4, 0.5) is 55.3 Å². The Morgan fingerprint density at radius 3 is 1.41 bits per heavy atom.